The van der Waals surface area contributed by atoms with Crippen LogP contribution in [0.3, 0.4) is 0 Å². The van der Waals surface area contributed by atoms with Crippen LogP contribution in [0, 0.1) is 6.92 Å². The minimum atomic E-state index is -0.0220. The maximum Gasteiger partial charge on any atom is 0.254 e. The van der Waals surface area contributed by atoms with E-state index in [1.54, 1.807) is 6.20 Å². The van der Waals surface area contributed by atoms with Gasteiger partial charge < -0.3 is 10.1 Å². The molecule has 7 nitrogen and oxygen atoms in total. The first-order chi connectivity index (χ1) is 10.7. The molecular formula is C15H25N5O2. The van der Waals surface area contributed by atoms with Crippen molar-refractivity contribution in [2.45, 2.75) is 19.4 Å². The summed E-state index contributed by atoms with van der Waals surface area (Å²) in [5, 5.41) is 9.82. The molecule has 2 fully saturated rings. The van der Waals surface area contributed by atoms with Crippen molar-refractivity contribution in [3.8, 4) is 0 Å². The first-order valence-corrected chi connectivity index (χ1v) is 8.05. The Morgan fingerprint density at radius 1 is 1.36 bits per heavy atom. The van der Waals surface area contributed by atoms with Gasteiger partial charge in [-0.1, -0.05) is 0 Å². The fourth-order valence-electron chi connectivity index (χ4n) is 3.10. The van der Waals surface area contributed by atoms with Crippen LogP contribution in [0.4, 0.5) is 0 Å². The molecule has 0 radical (unpaired) electrons. The summed E-state index contributed by atoms with van der Waals surface area (Å²) in [6.07, 6.45) is 2.61. The SMILES string of the molecule is Cc1[nH]ncc1C(=O)NC1CCN(CCN2CCOCC2)C1. The molecule has 0 aromatic carbocycles. The van der Waals surface area contributed by atoms with Crippen LogP contribution in [-0.2, 0) is 4.74 Å². The number of carbonyl (C=O) groups is 1. The molecule has 1 aromatic rings. The van der Waals surface area contributed by atoms with E-state index >= 15 is 0 Å². The van der Waals surface area contributed by atoms with E-state index in [0.717, 1.165) is 64.6 Å². The lowest BCUT2D eigenvalue weighted by Gasteiger charge is -2.28. The monoisotopic (exact) mass is 307 g/mol. The number of carbonyl (C=O) groups excluding carboxylic acids is 1. The normalized spacial score (nSPS) is 23.8. The van der Waals surface area contributed by atoms with Crippen LogP contribution in [0.1, 0.15) is 22.5 Å². The van der Waals surface area contributed by atoms with Crippen LogP contribution < -0.4 is 5.32 Å². The zero-order chi connectivity index (χ0) is 15.4. The van der Waals surface area contributed by atoms with Gasteiger partial charge in [0.1, 0.15) is 0 Å². The quantitative estimate of drug-likeness (QED) is 0.792. The Morgan fingerprint density at radius 2 is 2.14 bits per heavy atom. The van der Waals surface area contributed by atoms with Crippen LogP contribution in [-0.4, -0.2) is 84.4 Å². The number of nitrogens with zero attached hydrogens (tertiary/aromatic N) is 3. The highest BCUT2D eigenvalue weighted by molar-refractivity contribution is 5.95. The highest BCUT2D eigenvalue weighted by atomic mass is 16.5. The lowest BCUT2D eigenvalue weighted by atomic mass is 10.2. The van der Waals surface area contributed by atoms with Gasteiger partial charge in [-0.3, -0.25) is 19.7 Å². The Hall–Kier alpha value is -1.44. The number of amides is 1. The summed E-state index contributed by atoms with van der Waals surface area (Å²) in [4.78, 5) is 17.1. The van der Waals surface area contributed by atoms with Gasteiger partial charge in [-0.15, -0.1) is 0 Å². The summed E-state index contributed by atoms with van der Waals surface area (Å²) < 4.78 is 5.37. The van der Waals surface area contributed by atoms with Crippen molar-refractivity contribution < 1.29 is 9.53 Å². The molecular weight excluding hydrogens is 282 g/mol. The van der Waals surface area contributed by atoms with Crippen molar-refractivity contribution in [1.82, 2.24) is 25.3 Å². The largest absolute Gasteiger partial charge is 0.379 e. The molecule has 1 amide bonds. The molecule has 2 saturated heterocycles. The van der Waals surface area contributed by atoms with Gasteiger partial charge >= 0.3 is 0 Å². The summed E-state index contributed by atoms with van der Waals surface area (Å²) >= 11 is 0. The second-order valence-electron chi connectivity index (χ2n) is 6.12. The van der Waals surface area contributed by atoms with E-state index in [1.807, 2.05) is 6.92 Å². The molecule has 0 spiro atoms. The molecule has 2 aliphatic rings. The third-order valence-corrected chi connectivity index (χ3v) is 4.52. The standard InChI is InChI=1S/C15H25N5O2/c1-12-14(10-16-18-12)15(21)17-13-2-3-20(11-13)5-4-19-6-8-22-9-7-19/h10,13H,2-9,11H2,1H3,(H,16,18)(H,17,21). The second-order valence-corrected chi connectivity index (χ2v) is 6.12. The number of aromatic nitrogens is 2. The van der Waals surface area contributed by atoms with Gasteiger partial charge in [0, 0.05) is 51.0 Å². The fraction of sp³-hybridized carbons (Fsp3) is 0.733. The molecule has 2 aliphatic heterocycles. The third kappa shape index (κ3) is 3.85. The first kappa shape index (κ1) is 15.5. The zero-order valence-electron chi connectivity index (χ0n) is 13.2. The minimum absolute atomic E-state index is 0.0220. The topological polar surface area (TPSA) is 73.5 Å². The Balaban J connectivity index is 1.40. The average molecular weight is 307 g/mol. The van der Waals surface area contributed by atoms with Gasteiger partial charge in [0.05, 0.1) is 25.0 Å². The van der Waals surface area contributed by atoms with E-state index < -0.39 is 0 Å². The number of nitrogens with one attached hydrogen (secondary N) is 2. The first-order valence-electron chi connectivity index (χ1n) is 8.05. The molecule has 1 atom stereocenters. The number of hydrogen-bond donors (Lipinski definition) is 2. The van der Waals surface area contributed by atoms with Gasteiger partial charge in [0.2, 0.25) is 0 Å². The van der Waals surface area contributed by atoms with Crippen molar-refractivity contribution in [3.05, 3.63) is 17.5 Å². The third-order valence-electron chi connectivity index (χ3n) is 4.52. The molecule has 0 aliphatic carbocycles. The predicted molar refractivity (Wildman–Crippen MR) is 82.9 cm³/mol. The van der Waals surface area contributed by atoms with Crippen LogP contribution in [0.25, 0.3) is 0 Å². The van der Waals surface area contributed by atoms with Crippen molar-refractivity contribution >= 4 is 5.91 Å². The Morgan fingerprint density at radius 3 is 2.86 bits per heavy atom. The van der Waals surface area contributed by atoms with Gasteiger partial charge in [-0.2, -0.15) is 5.10 Å². The molecule has 3 heterocycles. The van der Waals surface area contributed by atoms with Crippen LogP contribution in [0.2, 0.25) is 0 Å². The molecule has 122 valence electrons. The molecule has 0 saturated carbocycles. The number of hydrogen-bond acceptors (Lipinski definition) is 5. The number of morpholine rings is 1. The van der Waals surface area contributed by atoms with Crippen LogP contribution in [0.5, 0.6) is 0 Å². The van der Waals surface area contributed by atoms with Crippen molar-refractivity contribution in [3.63, 3.8) is 0 Å². The Labute approximate surface area is 131 Å². The zero-order valence-corrected chi connectivity index (χ0v) is 13.2. The van der Waals surface area contributed by atoms with Gasteiger partial charge in [-0.05, 0) is 13.3 Å². The molecule has 2 N–H and O–H groups in total. The molecule has 7 heteroatoms. The van der Waals surface area contributed by atoms with Gasteiger partial charge in [0.25, 0.3) is 5.91 Å². The number of aromatic amines is 1. The highest BCUT2D eigenvalue weighted by Gasteiger charge is 2.25. The van der Waals surface area contributed by atoms with Crippen LogP contribution in [0.15, 0.2) is 6.20 Å². The van der Waals surface area contributed by atoms with Gasteiger partial charge in [-0.25, -0.2) is 0 Å². The highest BCUT2D eigenvalue weighted by Crippen LogP contribution is 2.11. The summed E-state index contributed by atoms with van der Waals surface area (Å²) in [5.74, 6) is -0.0220. The Bertz CT molecular complexity index is 498. The summed E-state index contributed by atoms with van der Waals surface area (Å²) in [5.41, 5.74) is 1.46. The summed E-state index contributed by atoms with van der Waals surface area (Å²) in [6, 6.07) is 0.242. The molecule has 0 bridgehead atoms. The van der Waals surface area contributed by atoms with Crippen molar-refractivity contribution in [2.75, 3.05) is 52.5 Å². The number of likely N-dealkylation sites (tertiary alicyclic amines) is 1. The number of ether oxygens (including phenoxy) is 1. The number of rotatable bonds is 5. The van der Waals surface area contributed by atoms with Crippen LogP contribution >= 0.6 is 0 Å². The van der Waals surface area contributed by atoms with E-state index in [2.05, 4.69) is 25.3 Å². The number of aryl methyl sites for hydroxylation is 1. The Kier molecular flexibility index (Phi) is 5.07. The maximum absolute atomic E-state index is 12.2. The number of H-pyrrole nitrogens is 1. The lowest BCUT2D eigenvalue weighted by molar-refractivity contribution is 0.0343. The van der Waals surface area contributed by atoms with Crippen molar-refractivity contribution in [1.29, 1.82) is 0 Å². The maximum atomic E-state index is 12.2. The van der Waals surface area contributed by atoms with E-state index in [4.69, 9.17) is 4.74 Å². The smallest absolute Gasteiger partial charge is 0.254 e. The fourth-order valence-corrected chi connectivity index (χ4v) is 3.10. The minimum Gasteiger partial charge on any atom is -0.379 e. The van der Waals surface area contributed by atoms with E-state index in [0.29, 0.717) is 5.56 Å². The summed E-state index contributed by atoms with van der Waals surface area (Å²) in [6.45, 7) is 9.78. The van der Waals surface area contributed by atoms with Crippen molar-refractivity contribution in [2.24, 2.45) is 0 Å². The molecule has 3 rings (SSSR count). The summed E-state index contributed by atoms with van der Waals surface area (Å²) in [7, 11) is 0. The predicted octanol–water partition coefficient (Wildman–Crippen LogP) is -0.146. The van der Waals surface area contributed by atoms with Gasteiger partial charge in [0.15, 0.2) is 0 Å². The van der Waals surface area contributed by atoms with E-state index in [1.165, 1.54) is 0 Å². The second kappa shape index (κ2) is 7.21. The molecule has 1 aromatic heterocycles. The van der Waals surface area contributed by atoms with E-state index in [-0.39, 0.29) is 11.9 Å². The average Bonchev–Trinajstić information content (AvgIpc) is 3.15. The molecule has 22 heavy (non-hydrogen) atoms. The van der Waals surface area contributed by atoms with E-state index in [9.17, 15) is 4.79 Å². The molecule has 1 unspecified atom stereocenters. The lowest BCUT2D eigenvalue weighted by Crippen LogP contribution is -2.42.